The molecule has 7 heteroatoms. The molecule has 2 heterocycles. The van der Waals surface area contributed by atoms with E-state index >= 15 is 0 Å². The molecule has 0 aliphatic carbocycles. The van der Waals surface area contributed by atoms with Gasteiger partial charge in [-0.15, -0.1) is 12.4 Å². The maximum atomic E-state index is 5.49. The minimum atomic E-state index is 0. The van der Waals surface area contributed by atoms with Crippen molar-refractivity contribution in [3.8, 4) is 0 Å². The smallest absolute Gasteiger partial charge is 0.244 e. The Morgan fingerprint density at radius 2 is 2.10 bits per heavy atom. The van der Waals surface area contributed by atoms with Gasteiger partial charge >= 0.3 is 0 Å². The number of nitrogens with one attached hydrogen (secondary N) is 1. The number of hydrogen-bond acceptors (Lipinski definition) is 6. The topological polar surface area (TPSA) is 57.4 Å². The number of halogens is 1. The van der Waals surface area contributed by atoms with Crippen molar-refractivity contribution >= 4 is 12.4 Å². The highest BCUT2D eigenvalue weighted by Gasteiger charge is 2.29. The van der Waals surface area contributed by atoms with Crippen molar-refractivity contribution < 1.29 is 4.52 Å². The van der Waals surface area contributed by atoms with Crippen molar-refractivity contribution in [3.63, 3.8) is 0 Å². The monoisotopic (exact) mass is 303 g/mol. The summed E-state index contributed by atoms with van der Waals surface area (Å²) in [5.74, 6) is 1.94. The van der Waals surface area contributed by atoms with Crippen LogP contribution in [0.1, 0.15) is 37.6 Å². The van der Waals surface area contributed by atoms with Gasteiger partial charge in [-0.05, 0) is 27.1 Å². The molecule has 1 unspecified atom stereocenters. The van der Waals surface area contributed by atoms with E-state index in [1.54, 1.807) is 0 Å². The van der Waals surface area contributed by atoms with E-state index in [1.165, 1.54) is 0 Å². The predicted molar refractivity (Wildman–Crippen MR) is 81.1 cm³/mol. The second-order valence-electron chi connectivity index (χ2n) is 5.84. The lowest BCUT2D eigenvalue weighted by Gasteiger charge is -2.30. The molecule has 0 saturated carbocycles. The first-order valence-electron chi connectivity index (χ1n) is 6.91. The van der Waals surface area contributed by atoms with Crippen LogP contribution in [0.5, 0.6) is 0 Å². The first-order chi connectivity index (χ1) is 9.00. The molecule has 1 aliphatic heterocycles. The first kappa shape index (κ1) is 17.4. The van der Waals surface area contributed by atoms with Crippen LogP contribution in [0.25, 0.3) is 0 Å². The maximum absolute atomic E-state index is 5.49. The van der Waals surface area contributed by atoms with Crippen LogP contribution < -0.4 is 5.32 Å². The second kappa shape index (κ2) is 7.36. The minimum absolute atomic E-state index is 0. The van der Waals surface area contributed by atoms with Crippen LogP contribution in [0.4, 0.5) is 0 Å². The van der Waals surface area contributed by atoms with Crippen LogP contribution >= 0.6 is 12.4 Å². The third kappa shape index (κ3) is 3.69. The van der Waals surface area contributed by atoms with Crippen molar-refractivity contribution in [1.82, 2.24) is 25.3 Å². The van der Waals surface area contributed by atoms with Gasteiger partial charge in [0.15, 0.2) is 5.82 Å². The molecule has 1 saturated heterocycles. The molecule has 1 aromatic heterocycles. The van der Waals surface area contributed by atoms with E-state index in [-0.39, 0.29) is 24.5 Å². The van der Waals surface area contributed by atoms with Gasteiger partial charge in [0, 0.05) is 19.6 Å². The number of nitrogens with zero attached hydrogens (tertiary/aromatic N) is 4. The number of likely N-dealkylation sites (N-methyl/N-ethyl adjacent to an activating group) is 1. The van der Waals surface area contributed by atoms with E-state index in [9.17, 15) is 0 Å². The molecular formula is C13H26ClN5O. The van der Waals surface area contributed by atoms with Crippen molar-refractivity contribution in [1.29, 1.82) is 0 Å². The fourth-order valence-electron chi connectivity index (χ4n) is 2.70. The number of hydrogen-bond donors (Lipinski definition) is 1. The van der Waals surface area contributed by atoms with E-state index in [1.807, 2.05) is 14.1 Å². The average Bonchev–Trinajstić information content (AvgIpc) is 2.77. The molecule has 6 nitrogen and oxygen atoms in total. The van der Waals surface area contributed by atoms with Gasteiger partial charge in [0.05, 0.1) is 12.1 Å². The Bertz CT molecular complexity index is 401. The number of aromatic nitrogens is 2. The molecule has 0 bridgehead atoms. The molecule has 0 amide bonds. The molecule has 1 fully saturated rings. The van der Waals surface area contributed by atoms with Gasteiger partial charge in [0.25, 0.3) is 0 Å². The van der Waals surface area contributed by atoms with Crippen LogP contribution in [0.15, 0.2) is 4.52 Å². The lowest BCUT2D eigenvalue weighted by Crippen LogP contribution is -2.44. The van der Waals surface area contributed by atoms with E-state index in [2.05, 4.69) is 46.2 Å². The molecule has 0 radical (unpaired) electrons. The van der Waals surface area contributed by atoms with Gasteiger partial charge in [-0.3, -0.25) is 9.80 Å². The lowest BCUT2D eigenvalue weighted by atomic mass is 10.0. The largest absolute Gasteiger partial charge is 0.338 e. The summed E-state index contributed by atoms with van der Waals surface area (Å²) in [5, 5.41) is 7.56. The average molecular weight is 304 g/mol. The molecular weight excluding hydrogens is 278 g/mol. The summed E-state index contributed by atoms with van der Waals surface area (Å²) in [4.78, 5) is 9.02. The Hall–Kier alpha value is -0.690. The van der Waals surface area contributed by atoms with Gasteiger partial charge in [0.1, 0.15) is 0 Å². The van der Waals surface area contributed by atoms with E-state index in [0.29, 0.717) is 11.8 Å². The Labute approximate surface area is 127 Å². The van der Waals surface area contributed by atoms with E-state index in [0.717, 1.165) is 25.5 Å². The van der Waals surface area contributed by atoms with Crippen LogP contribution in [0.3, 0.4) is 0 Å². The summed E-state index contributed by atoms with van der Waals surface area (Å²) in [7, 11) is 6.19. The van der Waals surface area contributed by atoms with Gasteiger partial charge in [0.2, 0.25) is 5.89 Å². The molecule has 2 atom stereocenters. The van der Waals surface area contributed by atoms with Crippen LogP contribution in [0.2, 0.25) is 0 Å². The molecule has 0 spiro atoms. The second-order valence-corrected chi connectivity index (χ2v) is 5.84. The molecule has 1 aromatic rings. The Morgan fingerprint density at radius 3 is 2.65 bits per heavy atom. The molecule has 1 aliphatic rings. The van der Waals surface area contributed by atoms with Gasteiger partial charge in [-0.1, -0.05) is 19.0 Å². The zero-order chi connectivity index (χ0) is 14.0. The zero-order valence-corrected chi connectivity index (χ0v) is 13.8. The summed E-state index contributed by atoms with van der Waals surface area (Å²) in [6.07, 6.45) is 0. The fraction of sp³-hybridized carbons (Fsp3) is 0.846. The van der Waals surface area contributed by atoms with Crippen molar-refractivity contribution in [2.24, 2.45) is 5.92 Å². The van der Waals surface area contributed by atoms with Crippen LogP contribution in [0, 0.1) is 5.92 Å². The zero-order valence-electron chi connectivity index (χ0n) is 13.0. The number of rotatable bonds is 4. The molecule has 116 valence electrons. The number of piperazine rings is 1. The standard InChI is InChI=1S/C13H25N5O.ClH/c1-9(2)11(17(3)4)13-15-12(16-19-13)10-8-14-6-7-18(10)5;/h9-11,14H,6-8H2,1-5H3;1H/t10?,11-;/m1./s1. The highest BCUT2D eigenvalue weighted by Crippen LogP contribution is 2.27. The maximum Gasteiger partial charge on any atom is 0.244 e. The lowest BCUT2D eigenvalue weighted by molar-refractivity contribution is 0.178. The summed E-state index contributed by atoms with van der Waals surface area (Å²) >= 11 is 0. The van der Waals surface area contributed by atoms with Crippen molar-refractivity contribution in [3.05, 3.63) is 11.7 Å². The highest BCUT2D eigenvalue weighted by atomic mass is 35.5. The quantitative estimate of drug-likeness (QED) is 0.905. The Kier molecular flexibility index (Phi) is 6.39. The van der Waals surface area contributed by atoms with Crippen LogP contribution in [-0.4, -0.2) is 60.7 Å². The van der Waals surface area contributed by atoms with Gasteiger partial charge in [-0.2, -0.15) is 4.98 Å². The molecule has 1 N–H and O–H groups in total. The van der Waals surface area contributed by atoms with Crippen LogP contribution in [-0.2, 0) is 0 Å². The van der Waals surface area contributed by atoms with Gasteiger partial charge < -0.3 is 9.84 Å². The SMILES string of the molecule is CC(C)[C@H](c1nc(C2CNCCN2C)no1)N(C)C.Cl. The van der Waals surface area contributed by atoms with E-state index < -0.39 is 0 Å². The minimum Gasteiger partial charge on any atom is -0.338 e. The van der Waals surface area contributed by atoms with Crippen molar-refractivity contribution in [2.75, 3.05) is 40.8 Å². The Balaban J connectivity index is 0.00000200. The van der Waals surface area contributed by atoms with E-state index in [4.69, 9.17) is 4.52 Å². The summed E-state index contributed by atoms with van der Waals surface area (Å²) in [6, 6.07) is 0.379. The third-order valence-electron chi connectivity index (χ3n) is 3.71. The first-order valence-corrected chi connectivity index (χ1v) is 6.91. The normalized spacial score (nSPS) is 22.1. The fourth-order valence-corrected chi connectivity index (χ4v) is 2.70. The summed E-state index contributed by atoms with van der Waals surface area (Å²) in [6.45, 7) is 7.25. The summed E-state index contributed by atoms with van der Waals surface area (Å²) in [5.41, 5.74) is 0. The highest BCUT2D eigenvalue weighted by molar-refractivity contribution is 5.85. The predicted octanol–water partition coefficient (Wildman–Crippen LogP) is 1.33. The molecule has 0 aromatic carbocycles. The third-order valence-corrected chi connectivity index (χ3v) is 3.71. The van der Waals surface area contributed by atoms with Crippen molar-refractivity contribution in [2.45, 2.75) is 25.9 Å². The Morgan fingerprint density at radius 1 is 1.40 bits per heavy atom. The molecule has 20 heavy (non-hydrogen) atoms. The van der Waals surface area contributed by atoms with Gasteiger partial charge in [-0.25, -0.2) is 0 Å². The summed E-state index contributed by atoms with van der Waals surface area (Å²) < 4.78 is 5.49. The molecule has 2 rings (SSSR count).